The lowest BCUT2D eigenvalue weighted by atomic mass is 10.0. The predicted octanol–water partition coefficient (Wildman–Crippen LogP) is 1.99. The molecule has 0 aliphatic carbocycles. The molecule has 0 saturated carbocycles. The predicted molar refractivity (Wildman–Crippen MR) is 74.0 cm³/mol. The molecule has 0 aromatic rings. The average Bonchev–Trinajstić information content (AvgIpc) is 2.35. The van der Waals surface area contributed by atoms with Gasteiger partial charge in [-0.15, -0.1) is 0 Å². The second-order valence-electron chi connectivity index (χ2n) is 4.64. The van der Waals surface area contributed by atoms with Gasteiger partial charge in [-0.05, 0) is 32.5 Å². The second-order valence-corrected chi connectivity index (χ2v) is 4.64. The molecule has 0 radical (unpaired) electrons. The van der Waals surface area contributed by atoms with Gasteiger partial charge in [-0.25, -0.2) is 4.99 Å². The Morgan fingerprint density at radius 3 is 2.53 bits per heavy atom. The van der Waals surface area contributed by atoms with Gasteiger partial charge in [-0.1, -0.05) is 6.92 Å². The van der Waals surface area contributed by atoms with Crippen molar-refractivity contribution < 1.29 is 0 Å². The molecular formula is C13H24N4. The first-order valence-electron chi connectivity index (χ1n) is 6.25. The third-order valence-electron chi connectivity index (χ3n) is 3.27. The summed E-state index contributed by atoms with van der Waals surface area (Å²) in [6.45, 7) is 7.14. The molecule has 0 amide bonds. The van der Waals surface area contributed by atoms with Gasteiger partial charge in [-0.3, -0.25) is 0 Å². The zero-order valence-corrected chi connectivity index (χ0v) is 11.5. The van der Waals surface area contributed by atoms with E-state index in [1.54, 1.807) is 0 Å². The Balaban J connectivity index is 2.49. The van der Waals surface area contributed by atoms with Gasteiger partial charge in [0.15, 0.2) is 0 Å². The molecule has 0 fully saturated rings. The number of hydrogen-bond acceptors (Lipinski definition) is 4. The molecule has 1 aliphatic heterocycles. The summed E-state index contributed by atoms with van der Waals surface area (Å²) < 4.78 is 0. The topological polar surface area (TPSA) is 42.7 Å². The van der Waals surface area contributed by atoms with Crippen molar-refractivity contribution >= 4 is 11.5 Å². The van der Waals surface area contributed by atoms with Crippen molar-refractivity contribution in [2.24, 2.45) is 4.99 Å². The van der Waals surface area contributed by atoms with Crippen LogP contribution in [0.4, 0.5) is 0 Å². The van der Waals surface area contributed by atoms with Gasteiger partial charge < -0.3 is 15.2 Å². The van der Waals surface area contributed by atoms with Crippen LogP contribution in [0.15, 0.2) is 16.8 Å². The quantitative estimate of drug-likeness (QED) is 0.742. The van der Waals surface area contributed by atoms with E-state index in [-0.39, 0.29) is 0 Å². The molecule has 1 rings (SSSR count). The number of nitrogens with zero attached hydrogens (tertiary/aromatic N) is 3. The van der Waals surface area contributed by atoms with Crippen molar-refractivity contribution in [3.63, 3.8) is 0 Å². The van der Waals surface area contributed by atoms with E-state index in [0.29, 0.717) is 5.71 Å². The highest BCUT2D eigenvalue weighted by molar-refractivity contribution is 5.98. The number of aliphatic imine (C=N–C) groups is 1. The lowest BCUT2D eigenvalue weighted by molar-refractivity contribution is 0.316. The zero-order valence-electron chi connectivity index (χ0n) is 11.5. The Kier molecular flexibility index (Phi) is 5.35. The van der Waals surface area contributed by atoms with E-state index in [4.69, 9.17) is 5.41 Å². The molecule has 0 spiro atoms. The monoisotopic (exact) mass is 236 g/mol. The highest BCUT2D eigenvalue weighted by Gasteiger charge is 2.12. The molecular weight excluding hydrogens is 212 g/mol. The Labute approximate surface area is 105 Å². The van der Waals surface area contributed by atoms with Crippen LogP contribution in [0.3, 0.4) is 0 Å². The summed E-state index contributed by atoms with van der Waals surface area (Å²) in [5.41, 5.74) is 1.70. The Morgan fingerprint density at radius 1 is 1.35 bits per heavy atom. The first-order valence-corrected chi connectivity index (χ1v) is 6.25. The maximum atomic E-state index is 7.57. The fourth-order valence-corrected chi connectivity index (χ4v) is 1.71. The molecule has 4 heteroatoms. The van der Waals surface area contributed by atoms with Crippen molar-refractivity contribution in [3.8, 4) is 0 Å². The second kappa shape index (κ2) is 6.55. The van der Waals surface area contributed by atoms with E-state index in [1.165, 1.54) is 0 Å². The van der Waals surface area contributed by atoms with E-state index < -0.39 is 0 Å². The van der Waals surface area contributed by atoms with Crippen LogP contribution < -0.4 is 0 Å². The van der Waals surface area contributed by atoms with Gasteiger partial charge in [0.05, 0.1) is 0 Å². The summed E-state index contributed by atoms with van der Waals surface area (Å²) >= 11 is 0. The minimum Gasteiger partial charge on any atom is -0.362 e. The van der Waals surface area contributed by atoms with Crippen molar-refractivity contribution in [1.82, 2.24) is 9.80 Å². The van der Waals surface area contributed by atoms with Crippen molar-refractivity contribution in [2.45, 2.75) is 26.7 Å². The van der Waals surface area contributed by atoms with Gasteiger partial charge in [0.2, 0.25) is 0 Å². The molecule has 0 bridgehead atoms. The van der Waals surface area contributed by atoms with Gasteiger partial charge in [-0.2, -0.15) is 0 Å². The highest BCUT2D eigenvalue weighted by atomic mass is 15.2. The van der Waals surface area contributed by atoms with Crippen LogP contribution in [0.2, 0.25) is 0 Å². The summed E-state index contributed by atoms with van der Waals surface area (Å²) in [5.74, 6) is 1.14. The largest absolute Gasteiger partial charge is 0.362 e. The normalized spacial score (nSPS) is 15.6. The van der Waals surface area contributed by atoms with Crippen LogP contribution in [-0.2, 0) is 0 Å². The molecule has 96 valence electrons. The molecule has 0 unspecified atom stereocenters. The van der Waals surface area contributed by atoms with E-state index >= 15 is 0 Å². The zero-order chi connectivity index (χ0) is 12.8. The van der Waals surface area contributed by atoms with Crippen LogP contribution in [0.1, 0.15) is 26.7 Å². The minimum absolute atomic E-state index is 0.640. The maximum absolute atomic E-state index is 7.57. The molecule has 0 atom stereocenters. The van der Waals surface area contributed by atoms with E-state index in [1.807, 2.05) is 13.1 Å². The first-order chi connectivity index (χ1) is 8.04. The molecule has 0 saturated heterocycles. The van der Waals surface area contributed by atoms with Crippen LogP contribution in [0.5, 0.6) is 0 Å². The van der Waals surface area contributed by atoms with Crippen LogP contribution in [0, 0.1) is 5.41 Å². The van der Waals surface area contributed by atoms with Crippen molar-refractivity contribution in [3.05, 3.63) is 11.8 Å². The summed E-state index contributed by atoms with van der Waals surface area (Å²) in [5, 5.41) is 7.57. The van der Waals surface area contributed by atoms with Crippen molar-refractivity contribution in [1.29, 1.82) is 5.41 Å². The highest BCUT2D eigenvalue weighted by Crippen LogP contribution is 2.14. The summed E-state index contributed by atoms with van der Waals surface area (Å²) in [7, 11) is 4.23. The van der Waals surface area contributed by atoms with Gasteiger partial charge in [0.1, 0.15) is 5.84 Å². The fourth-order valence-electron chi connectivity index (χ4n) is 1.71. The number of nitrogens with one attached hydrogen (secondary N) is 1. The standard InChI is InChI=1S/C13H24N4/c1-5-16(3)8-9-17(4)13-7-6-12(10-15-13)11(2)14/h10,14H,5-9H2,1-4H3. The summed E-state index contributed by atoms with van der Waals surface area (Å²) in [6, 6.07) is 0. The van der Waals surface area contributed by atoms with Crippen molar-refractivity contribution in [2.75, 3.05) is 33.7 Å². The van der Waals surface area contributed by atoms with Gasteiger partial charge in [0.25, 0.3) is 0 Å². The molecule has 4 nitrogen and oxygen atoms in total. The molecule has 0 aromatic carbocycles. The number of allylic oxidation sites excluding steroid dienone is 1. The Hall–Kier alpha value is -1.16. The maximum Gasteiger partial charge on any atom is 0.104 e. The molecule has 1 heterocycles. The molecule has 0 aromatic heterocycles. The molecule has 1 aliphatic rings. The smallest absolute Gasteiger partial charge is 0.104 e. The Bertz CT molecular complexity index is 330. The van der Waals surface area contributed by atoms with E-state index in [9.17, 15) is 0 Å². The molecule has 17 heavy (non-hydrogen) atoms. The van der Waals surface area contributed by atoms with Gasteiger partial charge >= 0.3 is 0 Å². The number of amidine groups is 1. The first kappa shape index (κ1) is 13.9. The number of likely N-dealkylation sites (N-methyl/N-ethyl adjacent to an activating group) is 2. The van der Waals surface area contributed by atoms with Crippen LogP contribution in [0.25, 0.3) is 0 Å². The average molecular weight is 236 g/mol. The summed E-state index contributed by atoms with van der Waals surface area (Å²) in [4.78, 5) is 8.97. The lowest BCUT2D eigenvalue weighted by Gasteiger charge is -2.25. The third-order valence-corrected chi connectivity index (χ3v) is 3.27. The third kappa shape index (κ3) is 4.30. The van der Waals surface area contributed by atoms with Crippen LogP contribution >= 0.6 is 0 Å². The number of rotatable bonds is 5. The Morgan fingerprint density at radius 2 is 2.06 bits per heavy atom. The van der Waals surface area contributed by atoms with Crippen LogP contribution in [-0.4, -0.2) is 55.1 Å². The SMILES string of the molecule is CCN(C)CCN(C)C1=NC=C(C(C)=N)CC1. The summed E-state index contributed by atoms with van der Waals surface area (Å²) in [6.07, 6.45) is 3.75. The van der Waals surface area contributed by atoms with E-state index in [2.05, 4.69) is 35.8 Å². The molecule has 1 N–H and O–H groups in total. The lowest BCUT2D eigenvalue weighted by Crippen LogP contribution is -2.35. The van der Waals surface area contributed by atoms with E-state index in [0.717, 1.165) is 43.9 Å². The van der Waals surface area contributed by atoms with Gasteiger partial charge in [0, 0.05) is 38.5 Å². The number of hydrogen-bond donors (Lipinski definition) is 1. The minimum atomic E-state index is 0.640. The fraction of sp³-hybridized carbons (Fsp3) is 0.692.